The third-order valence-corrected chi connectivity index (χ3v) is 11.7. The number of carbonyl (C=O) groups excluding carboxylic acids is 2. The van der Waals surface area contributed by atoms with E-state index in [1.54, 1.807) is 0 Å². The van der Waals surface area contributed by atoms with Gasteiger partial charge < -0.3 is 25.2 Å². The maximum Gasteiger partial charge on any atom is 0.472 e. The van der Waals surface area contributed by atoms with Gasteiger partial charge in [0.05, 0.1) is 13.2 Å². The Labute approximate surface area is 360 Å². The fourth-order valence-corrected chi connectivity index (χ4v) is 7.72. The van der Waals surface area contributed by atoms with Crippen LogP contribution in [0.1, 0.15) is 239 Å². The molecule has 0 fully saturated rings. The van der Waals surface area contributed by atoms with Crippen molar-refractivity contribution in [3.63, 3.8) is 0 Å². The molecule has 0 aromatic carbocycles. The van der Waals surface area contributed by atoms with Crippen molar-refractivity contribution in [1.82, 2.24) is 0 Å². The average Bonchev–Trinajstić information content (AvgIpc) is 3.21. The minimum Gasteiger partial charge on any atom is -0.480 e. The molecule has 11 nitrogen and oxygen atoms in total. The highest BCUT2D eigenvalue weighted by molar-refractivity contribution is 7.47. The van der Waals surface area contributed by atoms with E-state index in [1.807, 2.05) is 0 Å². The van der Waals surface area contributed by atoms with Crippen LogP contribution in [0.4, 0.5) is 0 Å². The van der Waals surface area contributed by atoms with Crippen molar-refractivity contribution in [3.8, 4) is 0 Å². The Balaban J connectivity index is 4.26. The number of phosphoric acid groups is 1. The molecular weight excluding hydrogens is 769 g/mol. The molecule has 0 spiro atoms. The summed E-state index contributed by atoms with van der Waals surface area (Å²) >= 11 is 0. The van der Waals surface area contributed by atoms with Crippen LogP contribution in [0.15, 0.2) is 12.2 Å². The standard InChI is InChI=1S/C47H90NO10P/c1-3-5-7-9-11-13-15-17-19-21-22-23-25-27-29-31-33-35-37-39-46(50)58-43(41-56-59(53,54)57-42-44(48)47(51)52)40-55-45(49)38-36-34-32-30-28-26-24-20-18-16-14-12-10-8-6-4-2/h17,19,43-44H,3-16,18,20-42,48H2,1-2H3,(H,51,52)(H,53,54)/b19-17-. The lowest BCUT2D eigenvalue weighted by molar-refractivity contribution is -0.161. The quantitative estimate of drug-likeness (QED) is 0.0230. The Bertz CT molecular complexity index is 1060. The van der Waals surface area contributed by atoms with Gasteiger partial charge >= 0.3 is 25.7 Å². The molecule has 3 atom stereocenters. The number of ether oxygens (including phenoxy) is 2. The van der Waals surface area contributed by atoms with E-state index in [0.717, 1.165) is 38.5 Å². The summed E-state index contributed by atoms with van der Waals surface area (Å²) in [4.78, 5) is 46.1. The molecule has 348 valence electrons. The van der Waals surface area contributed by atoms with Crippen molar-refractivity contribution in [1.29, 1.82) is 0 Å². The van der Waals surface area contributed by atoms with Gasteiger partial charge in [0.1, 0.15) is 12.6 Å². The van der Waals surface area contributed by atoms with Crippen molar-refractivity contribution in [2.24, 2.45) is 5.73 Å². The summed E-state index contributed by atoms with van der Waals surface area (Å²) in [7, 11) is -4.71. The molecule has 0 rings (SSSR count). The van der Waals surface area contributed by atoms with Gasteiger partial charge in [-0.3, -0.25) is 23.4 Å². The highest BCUT2D eigenvalue weighted by Crippen LogP contribution is 2.43. The molecule has 0 saturated heterocycles. The number of allylic oxidation sites excluding steroid dienone is 2. The number of unbranched alkanes of at least 4 members (excludes halogenated alkanes) is 30. The predicted octanol–water partition coefficient (Wildman–Crippen LogP) is 13.2. The molecule has 0 aliphatic heterocycles. The van der Waals surface area contributed by atoms with Crippen molar-refractivity contribution >= 4 is 25.7 Å². The summed E-state index contributed by atoms with van der Waals surface area (Å²) in [6.07, 6.45) is 44.1. The number of carboxylic acids is 1. The Kier molecular flexibility index (Phi) is 41.6. The van der Waals surface area contributed by atoms with Gasteiger partial charge in [0, 0.05) is 12.8 Å². The third-order valence-electron chi connectivity index (χ3n) is 10.8. The average molecular weight is 860 g/mol. The summed E-state index contributed by atoms with van der Waals surface area (Å²) in [6, 6.07) is -1.52. The Morgan fingerprint density at radius 2 is 0.847 bits per heavy atom. The van der Waals surface area contributed by atoms with Gasteiger partial charge in [0.15, 0.2) is 6.10 Å². The van der Waals surface area contributed by atoms with E-state index in [9.17, 15) is 23.8 Å². The summed E-state index contributed by atoms with van der Waals surface area (Å²) < 4.78 is 32.8. The largest absolute Gasteiger partial charge is 0.480 e. The zero-order valence-electron chi connectivity index (χ0n) is 37.9. The number of hydrogen-bond donors (Lipinski definition) is 3. The smallest absolute Gasteiger partial charge is 0.472 e. The molecule has 12 heteroatoms. The number of hydrogen-bond acceptors (Lipinski definition) is 9. The molecule has 3 unspecified atom stereocenters. The van der Waals surface area contributed by atoms with Crippen LogP contribution in [0.3, 0.4) is 0 Å². The second-order valence-electron chi connectivity index (χ2n) is 16.6. The molecular formula is C47H90NO10P. The lowest BCUT2D eigenvalue weighted by atomic mass is 10.0. The van der Waals surface area contributed by atoms with Crippen LogP contribution in [-0.2, 0) is 37.5 Å². The van der Waals surface area contributed by atoms with E-state index < -0.39 is 51.1 Å². The number of aliphatic carboxylic acids is 1. The fraction of sp³-hybridized carbons (Fsp3) is 0.894. The van der Waals surface area contributed by atoms with E-state index in [2.05, 4.69) is 30.5 Å². The summed E-state index contributed by atoms with van der Waals surface area (Å²) in [6.45, 7) is 2.84. The maximum atomic E-state index is 12.7. The van der Waals surface area contributed by atoms with Crippen molar-refractivity contribution in [3.05, 3.63) is 12.2 Å². The van der Waals surface area contributed by atoms with Gasteiger partial charge in [-0.05, 0) is 38.5 Å². The monoisotopic (exact) mass is 860 g/mol. The van der Waals surface area contributed by atoms with Gasteiger partial charge in [-0.1, -0.05) is 199 Å². The van der Waals surface area contributed by atoms with Gasteiger partial charge in [0.2, 0.25) is 0 Å². The molecule has 59 heavy (non-hydrogen) atoms. The molecule has 0 heterocycles. The Hall–Kier alpha value is -1.78. The van der Waals surface area contributed by atoms with Crippen LogP contribution >= 0.6 is 7.82 Å². The SMILES string of the molecule is CCCCCCCC/C=C\CCCCCCCCCCCC(=O)OC(COC(=O)CCCCCCCCCCCCCCCCCC)COP(=O)(O)OCC(N)C(=O)O. The second-order valence-corrected chi connectivity index (χ2v) is 18.1. The third kappa shape index (κ3) is 42.7. The van der Waals surface area contributed by atoms with Gasteiger partial charge in [-0.15, -0.1) is 0 Å². The molecule has 0 aliphatic rings. The number of carboxylic acid groups (broad SMARTS) is 1. The molecule has 0 aromatic heterocycles. The van der Waals surface area contributed by atoms with Crippen LogP contribution in [0, 0.1) is 0 Å². The van der Waals surface area contributed by atoms with Gasteiger partial charge in [-0.25, -0.2) is 4.57 Å². The highest BCUT2D eigenvalue weighted by atomic mass is 31.2. The summed E-state index contributed by atoms with van der Waals surface area (Å²) in [5.41, 5.74) is 5.34. The van der Waals surface area contributed by atoms with Crippen molar-refractivity contribution in [2.45, 2.75) is 251 Å². The molecule has 0 amide bonds. The van der Waals surface area contributed by atoms with Crippen LogP contribution in [0.25, 0.3) is 0 Å². The highest BCUT2D eigenvalue weighted by Gasteiger charge is 2.28. The summed E-state index contributed by atoms with van der Waals surface area (Å²) in [5, 5.41) is 8.91. The minimum atomic E-state index is -4.71. The first-order valence-electron chi connectivity index (χ1n) is 24.2. The lowest BCUT2D eigenvalue weighted by Gasteiger charge is -2.20. The number of phosphoric ester groups is 1. The van der Waals surface area contributed by atoms with Gasteiger partial charge in [-0.2, -0.15) is 0 Å². The Morgan fingerprint density at radius 1 is 0.508 bits per heavy atom. The van der Waals surface area contributed by atoms with E-state index in [0.29, 0.717) is 12.8 Å². The maximum absolute atomic E-state index is 12.7. The predicted molar refractivity (Wildman–Crippen MR) is 240 cm³/mol. The zero-order chi connectivity index (χ0) is 43.5. The molecule has 0 radical (unpaired) electrons. The van der Waals surface area contributed by atoms with Crippen LogP contribution in [-0.4, -0.2) is 59.9 Å². The topological polar surface area (TPSA) is 172 Å². The number of carbonyl (C=O) groups is 3. The van der Waals surface area contributed by atoms with E-state index in [-0.39, 0.29) is 19.4 Å². The molecule has 0 aromatic rings. The van der Waals surface area contributed by atoms with Crippen LogP contribution in [0.5, 0.6) is 0 Å². The molecule has 4 N–H and O–H groups in total. The lowest BCUT2D eigenvalue weighted by Crippen LogP contribution is -2.34. The van der Waals surface area contributed by atoms with Crippen LogP contribution < -0.4 is 5.73 Å². The molecule has 0 saturated carbocycles. The first-order valence-corrected chi connectivity index (χ1v) is 25.7. The van der Waals surface area contributed by atoms with Gasteiger partial charge in [0.25, 0.3) is 0 Å². The van der Waals surface area contributed by atoms with Crippen molar-refractivity contribution in [2.75, 3.05) is 19.8 Å². The minimum absolute atomic E-state index is 0.163. The molecule has 0 bridgehead atoms. The van der Waals surface area contributed by atoms with E-state index in [1.165, 1.54) is 161 Å². The fourth-order valence-electron chi connectivity index (χ4n) is 6.94. The summed E-state index contributed by atoms with van der Waals surface area (Å²) in [5.74, 6) is -2.36. The molecule has 0 aliphatic carbocycles. The first-order chi connectivity index (χ1) is 28.6. The normalized spacial score (nSPS) is 13.7. The number of nitrogens with two attached hydrogens (primary N) is 1. The Morgan fingerprint density at radius 3 is 1.24 bits per heavy atom. The zero-order valence-corrected chi connectivity index (χ0v) is 38.8. The second kappa shape index (κ2) is 42.9. The number of rotatable bonds is 46. The number of esters is 2. The van der Waals surface area contributed by atoms with Crippen LogP contribution in [0.2, 0.25) is 0 Å². The van der Waals surface area contributed by atoms with E-state index in [4.69, 9.17) is 24.8 Å². The van der Waals surface area contributed by atoms with Crippen molar-refractivity contribution < 1.29 is 47.5 Å². The first kappa shape index (κ1) is 57.2. The van der Waals surface area contributed by atoms with E-state index >= 15 is 0 Å².